The number of rotatable bonds is 10. The first kappa shape index (κ1) is 45.7. The van der Waals surface area contributed by atoms with E-state index in [0.717, 1.165) is 24.7 Å². The van der Waals surface area contributed by atoms with Crippen LogP contribution in [0.25, 0.3) is 0 Å². The lowest BCUT2D eigenvalue weighted by Crippen LogP contribution is -2.67. The smallest absolute Gasteiger partial charge is 0.338 e. The monoisotopic (exact) mass is 848 g/mol. The number of aliphatic hydroxyl groups is 7. The highest BCUT2D eigenvalue weighted by molar-refractivity contribution is 5.79. The predicted molar refractivity (Wildman–Crippen MR) is 212 cm³/mol. The van der Waals surface area contributed by atoms with Crippen molar-refractivity contribution in [1.29, 1.82) is 0 Å². The van der Waals surface area contributed by atoms with Gasteiger partial charge in [-0.15, -0.1) is 0 Å². The maximum absolute atomic E-state index is 14.5. The lowest BCUT2D eigenvalue weighted by molar-refractivity contribution is -0.322. The van der Waals surface area contributed by atoms with Crippen LogP contribution in [0, 0.1) is 44.8 Å². The molecule has 7 rings (SSSR count). The van der Waals surface area contributed by atoms with Crippen LogP contribution in [0.5, 0.6) is 0 Å². The average molecular weight is 849 g/mol. The molecule has 338 valence electrons. The fourth-order valence-electron chi connectivity index (χ4n) is 13.4. The Bertz CT molecular complexity index is 1680. The van der Waals surface area contributed by atoms with E-state index in [9.17, 15) is 50.1 Å². The number of esters is 2. The van der Waals surface area contributed by atoms with E-state index in [1.165, 1.54) is 5.57 Å². The highest BCUT2D eigenvalue weighted by Crippen LogP contribution is 2.75. The maximum Gasteiger partial charge on any atom is 0.338 e. The lowest BCUT2D eigenvalue weighted by atomic mass is 9.34. The number of carbonyl (C=O) groups is 3. The number of unbranched alkanes of at least 4 members (excludes halogenated alkanes) is 1. The molecule has 60 heavy (non-hydrogen) atoms. The summed E-state index contributed by atoms with van der Waals surface area (Å²) < 4.78 is 29.0. The molecule has 0 amide bonds. The van der Waals surface area contributed by atoms with Crippen LogP contribution in [-0.2, 0) is 38.1 Å². The van der Waals surface area contributed by atoms with Gasteiger partial charge in [-0.05, 0) is 98.7 Å². The van der Waals surface area contributed by atoms with Gasteiger partial charge in [-0.25, -0.2) is 4.79 Å². The van der Waals surface area contributed by atoms with E-state index in [0.29, 0.717) is 64.2 Å². The van der Waals surface area contributed by atoms with Crippen molar-refractivity contribution < 1.29 is 73.8 Å². The van der Waals surface area contributed by atoms with Gasteiger partial charge in [0.1, 0.15) is 49.0 Å². The van der Waals surface area contributed by atoms with Crippen LogP contribution in [0.2, 0.25) is 0 Å². The number of ether oxygens (including phenoxy) is 5. The van der Waals surface area contributed by atoms with Crippen molar-refractivity contribution in [3.8, 4) is 0 Å². The number of allylic oxidation sites excluding steroid dienone is 3. The third-order valence-electron chi connectivity index (χ3n) is 17.3. The van der Waals surface area contributed by atoms with Gasteiger partial charge in [0.15, 0.2) is 12.4 Å². The van der Waals surface area contributed by atoms with Gasteiger partial charge in [0, 0.05) is 5.92 Å². The Kier molecular flexibility index (Phi) is 12.7. The molecule has 7 aliphatic rings. The first-order chi connectivity index (χ1) is 28.3. The topological polar surface area (TPSA) is 239 Å². The Balaban J connectivity index is 1.13. The molecule has 6 fully saturated rings. The molecular weight excluding hydrogens is 780 g/mol. The Morgan fingerprint density at radius 2 is 1.57 bits per heavy atom. The van der Waals surface area contributed by atoms with Gasteiger partial charge in [0.25, 0.3) is 0 Å². The van der Waals surface area contributed by atoms with E-state index in [4.69, 9.17) is 23.7 Å². The number of carbonyl (C=O) groups excluding carboxylic acids is 3. The molecule has 5 aliphatic carbocycles. The summed E-state index contributed by atoms with van der Waals surface area (Å²) in [6.45, 7) is 14.6. The SMILES string of the molecule is C=C1CCC2(C(=O)OC3OC(CO)C(O)C(O)C3O)CC[C@]3(C)C(=CCC4C5(C)CCC(OC6OC(C(=O)OCCCC)C(O)C(O)C6O)[C@](C)(C=O)C5CCC43C)C2C1. The minimum atomic E-state index is -1.74. The molecule has 0 aromatic rings. The summed E-state index contributed by atoms with van der Waals surface area (Å²) in [6.07, 6.45) is -5.77. The first-order valence-corrected chi connectivity index (χ1v) is 22.1. The molecule has 4 saturated carbocycles. The molecule has 17 unspecified atom stereocenters. The molecule has 2 aliphatic heterocycles. The van der Waals surface area contributed by atoms with Gasteiger partial charge >= 0.3 is 11.9 Å². The number of hydrogen-bond donors (Lipinski definition) is 7. The Labute approximate surface area is 352 Å². The number of hydrogen-bond acceptors (Lipinski definition) is 15. The largest absolute Gasteiger partial charge is 0.464 e. The average Bonchev–Trinajstić information content (AvgIpc) is 3.22. The molecule has 0 aromatic heterocycles. The van der Waals surface area contributed by atoms with Crippen LogP contribution in [0.3, 0.4) is 0 Å². The van der Waals surface area contributed by atoms with E-state index >= 15 is 0 Å². The van der Waals surface area contributed by atoms with Crippen molar-refractivity contribution in [3.63, 3.8) is 0 Å². The second-order valence-electron chi connectivity index (χ2n) is 20.1. The zero-order valence-electron chi connectivity index (χ0n) is 35.7. The molecule has 2 saturated heterocycles. The van der Waals surface area contributed by atoms with Crippen LogP contribution in [0.1, 0.15) is 112 Å². The standard InChI is InChI=1S/C45H68O15/c1-7-8-19-56-37(54)36-33(51)32(50)35(53)39(59-36)58-29-13-14-41(3)27(42(29,4)22-47)12-15-44(6)28(41)10-9-24-25-20-23(2)11-16-45(25,18-17-43(24,44)5)40(55)60-38-34(52)31(49)30(48)26(21-46)57-38/h9,22,25-36,38-39,46,48-53H,2,7-8,10-21H2,1,3-6H3/t25?,26?,27?,28?,29?,30?,31?,32?,33?,34?,35?,36?,38?,39?,41?,42-,43-,44?,45?/m1/s1. The van der Waals surface area contributed by atoms with Gasteiger partial charge in [0.2, 0.25) is 6.29 Å². The summed E-state index contributed by atoms with van der Waals surface area (Å²) in [5.41, 5.74) is -0.629. The highest BCUT2D eigenvalue weighted by Gasteiger charge is 2.70. The second kappa shape index (κ2) is 16.7. The summed E-state index contributed by atoms with van der Waals surface area (Å²) in [5.74, 6) is -1.61. The van der Waals surface area contributed by atoms with Gasteiger partial charge in [-0.1, -0.05) is 64.8 Å². The molecular formula is C45H68O15. The quantitative estimate of drug-likeness (QED) is 0.0550. The second-order valence-corrected chi connectivity index (χ2v) is 20.1. The number of aldehydes is 1. The Morgan fingerprint density at radius 1 is 0.867 bits per heavy atom. The van der Waals surface area contributed by atoms with E-state index in [2.05, 4.69) is 33.4 Å². The van der Waals surface area contributed by atoms with Crippen molar-refractivity contribution in [2.75, 3.05) is 13.2 Å². The van der Waals surface area contributed by atoms with Gasteiger partial charge in [-0.2, -0.15) is 0 Å². The number of aliphatic hydroxyl groups excluding tert-OH is 7. The van der Waals surface area contributed by atoms with Crippen molar-refractivity contribution in [1.82, 2.24) is 0 Å². The zero-order valence-corrected chi connectivity index (χ0v) is 35.7. The van der Waals surface area contributed by atoms with Crippen LogP contribution >= 0.6 is 0 Å². The minimum Gasteiger partial charge on any atom is -0.464 e. The lowest BCUT2D eigenvalue weighted by Gasteiger charge is -2.70. The Hall–Kier alpha value is -2.31. The molecule has 2 heterocycles. The highest BCUT2D eigenvalue weighted by atomic mass is 16.7. The van der Waals surface area contributed by atoms with Gasteiger partial charge < -0.3 is 64.2 Å². The van der Waals surface area contributed by atoms with E-state index in [1.807, 2.05) is 13.8 Å². The molecule has 19 atom stereocenters. The molecule has 0 spiro atoms. The molecule has 15 heteroatoms. The number of fused-ring (bicyclic) bond motifs is 7. The van der Waals surface area contributed by atoms with Crippen LogP contribution in [0.4, 0.5) is 0 Å². The molecule has 0 bridgehead atoms. The van der Waals surface area contributed by atoms with Crippen molar-refractivity contribution >= 4 is 18.2 Å². The van der Waals surface area contributed by atoms with Crippen molar-refractivity contribution in [2.24, 2.45) is 44.8 Å². The van der Waals surface area contributed by atoms with E-state index in [1.54, 1.807) is 0 Å². The van der Waals surface area contributed by atoms with E-state index < -0.39 is 96.9 Å². The van der Waals surface area contributed by atoms with Crippen molar-refractivity contribution in [2.45, 2.75) is 179 Å². The summed E-state index contributed by atoms with van der Waals surface area (Å²) >= 11 is 0. The Morgan fingerprint density at radius 3 is 2.25 bits per heavy atom. The summed E-state index contributed by atoms with van der Waals surface area (Å²) in [5, 5.41) is 73.7. The normalized spacial score (nSPS) is 50.2. The van der Waals surface area contributed by atoms with E-state index in [-0.39, 0.29) is 40.6 Å². The van der Waals surface area contributed by atoms with Crippen LogP contribution < -0.4 is 0 Å². The minimum absolute atomic E-state index is 0.114. The summed E-state index contributed by atoms with van der Waals surface area (Å²) in [7, 11) is 0. The van der Waals surface area contributed by atoms with Crippen LogP contribution in [-0.4, -0.2) is 135 Å². The fourth-order valence-corrected chi connectivity index (χ4v) is 13.4. The van der Waals surface area contributed by atoms with Crippen LogP contribution in [0.15, 0.2) is 23.8 Å². The molecule has 0 radical (unpaired) electrons. The maximum atomic E-state index is 14.5. The van der Waals surface area contributed by atoms with Gasteiger partial charge in [-0.3, -0.25) is 4.79 Å². The predicted octanol–water partition coefficient (Wildman–Crippen LogP) is 2.38. The fraction of sp³-hybridized carbons (Fsp3) is 0.844. The third-order valence-corrected chi connectivity index (χ3v) is 17.3. The summed E-state index contributed by atoms with van der Waals surface area (Å²) in [6, 6.07) is 0. The molecule has 7 N–H and O–H groups in total. The molecule has 15 nitrogen and oxygen atoms in total. The summed E-state index contributed by atoms with van der Waals surface area (Å²) in [4.78, 5) is 40.8. The van der Waals surface area contributed by atoms with Crippen molar-refractivity contribution in [3.05, 3.63) is 23.8 Å². The zero-order chi connectivity index (χ0) is 43.7. The third kappa shape index (κ3) is 6.96. The van der Waals surface area contributed by atoms with Gasteiger partial charge in [0.05, 0.1) is 30.1 Å². The first-order valence-electron chi connectivity index (χ1n) is 22.1. The molecule has 0 aromatic carbocycles.